The van der Waals surface area contributed by atoms with Gasteiger partial charge in [-0.3, -0.25) is 14.3 Å². The van der Waals surface area contributed by atoms with Gasteiger partial charge in [0.15, 0.2) is 8.32 Å². The summed E-state index contributed by atoms with van der Waals surface area (Å²) in [4.78, 5) is 25.8. The summed E-state index contributed by atoms with van der Waals surface area (Å²) in [6.07, 6.45) is 2.21. The van der Waals surface area contributed by atoms with Crippen LogP contribution in [0.2, 0.25) is 18.1 Å². The molecule has 2 N–H and O–H groups in total. The van der Waals surface area contributed by atoms with E-state index in [0.717, 1.165) is 0 Å². The van der Waals surface area contributed by atoms with Crippen LogP contribution in [0.1, 0.15) is 33.4 Å². The van der Waals surface area contributed by atoms with Gasteiger partial charge < -0.3 is 14.3 Å². The van der Waals surface area contributed by atoms with Gasteiger partial charge >= 0.3 is 5.69 Å². The van der Waals surface area contributed by atoms with Crippen molar-refractivity contribution in [1.29, 1.82) is 0 Å². The zero-order valence-electron chi connectivity index (χ0n) is 16.2. The minimum Gasteiger partial charge on any atom is -0.411 e. The van der Waals surface area contributed by atoms with Crippen LogP contribution in [-0.2, 0) is 9.16 Å². The molecule has 0 bridgehead atoms. The Morgan fingerprint density at radius 3 is 2.58 bits per heavy atom. The Hall–Kier alpha value is -1.48. The van der Waals surface area contributed by atoms with Crippen molar-refractivity contribution in [3.63, 3.8) is 0 Å². The number of nitrogens with zero attached hydrogens (tertiary/aromatic N) is 1. The summed E-state index contributed by atoms with van der Waals surface area (Å²) in [7, 11) is -2.12. The molecule has 1 aromatic heterocycles. The lowest BCUT2D eigenvalue weighted by Crippen LogP contribution is -2.48. The Bertz CT molecular complexity index is 749. The molecule has 0 radical (unpaired) electrons. The number of H-pyrrole nitrogens is 1. The molecule has 146 valence electrons. The van der Waals surface area contributed by atoms with Gasteiger partial charge in [-0.15, -0.1) is 6.58 Å². The van der Waals surface area contributed by atoms with E-state index in [1.54, 1.807) is 6.08 Å². The van der Waals surface area contributed by atoms with Gasteiger partial charge in [-0.1, -0.05) is 26.8 Å². The van der Waals surface area contributed by atoms with Crippen molar-refractivity contribution < 1.29 is 14.3 Å². The van der Waals surface area contributed by atoms with Crippen LogP contribution in [-0.4, -0.2) is 41.8 Å². The third-order valence-corrected chi connectivity index (χ3v) is 9.92. The van der Waals surface area contributed by atoms with Crippen molar-refractivity contribution >= 4 is 8.32 Å². The Morgan fingerprint density at radius 2 is 2.08 bits per heavy atom. The molecule has 8 heteroatoms. The zero-order valence-corrected chi connectivity index (χ0v) is 17.2. The normalized spacial score (nSPS) is 26.8. The molecule has 1 fully saturated rings. The third-order valence-electron chi connectivity index (χ3n) is 5.45. The summed E-state index contributed by atoms with van der Waals surface area (Å²) >= 11 is 0. The molecule has 2 rings (SSSR count). The highest BCUT2D eigenvalue weighted by molar-refractivity contribution is 6.74. The highest BCUT2D eigenvalue weighted by Crippen LogP contribution is 2.44. The molecular formula is C18H30N2O5Si. The topological polar surface area (TPSA) is 93.5 Å². The van der Waals surface area contributed by atoms with Crippen LogP contribution in [0.25, 0.3) is 0 Å². The third kappa shape index (κ3) is 4.09. The van der Waals surface area contributed by atoms with E-state index in [1.807, 2.05) is 0 Å². The summed E-state index contributed by atoms with van der Waals surface area (Å²) in [5.74, 6) is -0.192. The molecule has 0 aromatic carbocycles. The first-order chi connectivity index (χ1) is 12.0. The molecule has 0 saturated carbocycles. The summed E-state index contributed by atoms with van der Waals surface area (Å²) in [6.45, 7) is 14.3. The summed E-state index contributed by atoms with van der Waals surface area (Å²) in [6, 6.07) is 1.28. The fraction of sp³-hybridized carbons (Fsp3) is 0.667. The Balaban J connectivity index is 2.42. The Kier molecular flexibility index (Phi) is 6.12. The van der Waals surface area contributed by atoms with E-state index >= 15 is 0 Å². The monoisotopic (exact) mass is 382 g/mol. The fourth-order valence-corrected chi connectivity index (χ4v) is 4.33. The average Bonchev–Trinajstić information content (AvgIpc) is 2.84. The van der Waals surface area contributed by atoms with E-state index in [1.165, 1.54) is 16.8 Å². The van der Waals surface area contributed by atoms with E-state index in [4.69, 9.17) is 9.16 Å². The molecule has 1 saturated heterocycles. The molecule has 0 aliphatic carbocycles. The van der Waals surface area contributed by atoms with Crippen molar-refractivity contribution in [3.05, 3.63) is 45.8 Å². The Labute approximate surface area is 154 Å². The van der Waals surface area contributed by atoms with Crippen molar-refractivity contribution in [1.82, 2.24) is 9.55 Å². The second-order valence-electron chi connectivity index (χ2n) is 8.30. The first kappa shape index (κ1) is 20.8. The van der Waals surface area contributed by atoms with Crippen LogP contribution in [0, 0.1) is 5.92 Å². The SMILES string of the molecule is C=CC[C@@H]1[C@H](O[Si](C)(C)C(C)(C)C)[C@@H](CO)O[C@H]1n1ccc(=O)[nH]c1=O. The minimum atomic E-state index is -2.12. The van der Waals surface area contributed by atoms with Gasteiger partial charge in [0.1, 0.15) is 12.3 Å². The van der Waals surface area contributed by atoms with Crippen LogP contribution in [0.15, 0.2) is 34.5 Å². The van der Waals surface area contributed by atoms with Crippen LogP contribution in [0.4, 0.5) is 0 Å². The van der Waals surface area contributed by atoms with Gasteiger partial charge in [-0.05, 0) is 24.6 Å². The lowest BCUT2D eigenvalue weighted by Gasteiger charge is -2.40. The predicted octanol–water partition coefficient (Wildman–Crippen LogP) is 2.01. The second-order valence-corrected chi connectivity index (χ2v) is 13.1. The number of allylic oxidation sites excluding steroid dienone is 1. The van der Waals surface area contributed by atoms with Crippen LogP contribution >= 0.6 is 0 Å². The highest BCUT2D eigenvalue weighted by atomic mass is 28.4. The summed E-state index contributed by atoms with van der Waals surface area (Å²) in [5.41, 5.74) is -1.00. The number of hydrogen-bond donors (Lipinski definition) is 2. The maximum atomic E-state index is 12.2. The number of hydrogen-bond acceptors (Lipinski definition) is 5. The number of aliphatic hydroxyl groups excluding tert-OH is 1. The quantitative estimate of drug-likeness (QED) is 0.580. The van der Waals surface area contributed by atoms with Gasteiger partial charge in [0, 0.05) is 18.2 Å². The molecule has 1 aliphatic rings. The second kappa shape index (κ2) is 7.64. The largest absolute Gasteiger partial charge is 0.411 e. The molecule has 4 atom stereocenters. The van der Waals surface area contributed by atoms with Crippen molar-refractivity contribution in [2.75, 3.05) is 6.61 Å². The first-order valence-electron chi connectivity index (χ1n) is 8.88. The number of aliphatic hydroxyl groups is 1. The number of aromatic amines is 1. The van der Waals surface area contributed by atoms with Crippen molar-refractivity contribution in [3.8, 4) is 0 Å². The van der Waals surface area contributed by atoms with Crippen molar-refractivity contribution in [2.24, 2.45) is 5.92 Å². The minimum absolute atomic E-state index is 0.00135. The van der Waals surface area contributed by atoms with Crippen LogP contribution in [0.3, 0.4) is 0 Å². The van der Waals surface area contributed by atoms with Crippen LogP contribution < -0.4 is 11.2 Å². The lowest BCUT2D eigenvalue weighted by molar-refractivity contribution is -0.0465. The molecule has 1 aromatic rings. The molecule has 2 heterocycles. The Morgan fingerprint density at radius 1 is 1.42 bits per heavy atom. The predicted molar refractivity (Wildman–Crippen MR) is 103 cm³/mol. The number of aromatic nitrogens is 2. The van der Waals surface area contributed by atoms with Gasteiger partial charge in [0.2, 0.25) is 0 Å². The number of rotatable bonds is 6. The van der Waals surface area contributed by atoms with E-state index < -0.39 is 31.9 Å². The zero-order chi connectivity index (χ0) is 19.7. The highest BCUT2D eigenvalue weighted by Gasteiger charge is 2.50. The van der Waals surface area contributed by atoms with Gasteiger partial charge in [-0.25, -0.2) is 4.79 Å². The number of nitrogens with one attached hydrogen (secondary N) is 1. The van der Waals surface area contributed by atoms with E-state index in [-0.39, 0.29) is 23.7 Å². The van der Waals surface area contributed by atoms with Gasteiger partial charge in [0.05, 0.1) is 12.7 Å². The average molecular weight is 383 g/mol. The summed E-state index contributed by atoms with van der Waals surface area (Å²) in [5, 5.41) is 9.84. The first-order valence-corrected chi connectivity index (χ1v) is 11.8. The smallest absolute Gasteiger partial charge is 0.330 e. The van der Waals surface area contributed by atoms with Gasteiger partial charge in [-0.2, -0.15) is 0 Å². The lowest BCUT2D eigenvalue weighted by atomic mass is 9.96. The molecule has 1 aliphatic heterocycles. The molecule has 26 heavy (non-hydrogen) atoms. The maximum absolute atomic E-state index is 12.2. The molecule has 0 amide bonds. The number of ether oxygens (including phenoxy) is 1. The molecule has 7 nitrogen and oxygen atoms in total. The fourth-order valence-electron chi connectivity index (χ4n) is 2.97. The molecular weight excluding hydrogens is 352 g/mol. The van der Waals surface area contributed by atoms with E-state index in [0.29, 0.717) is 6.42 Å². The maximum Gasteiger partial charge on any atom is 0.330 e. The van der Waals surface area contributed by atoms with E-state index in [9.17, 15) is 14.7 Å². The standard InChI is InChI=1S/C18H30N2O5Si/c1-7-8-12-15(25-26(5,6)18(2,3)4)13(11-21)24-16(12)20-10-9-14(22)19-17(20)23/h7,9-10,12-13,15-16,21H,1,8,11H2,2-6H3,(H,19,22,23)/t12-,13-,15+,16-/m1/s1. The van der Waals surface area contributed by atoms with Gasteiger partial charge in [0.25, 0.3) is 5.56 Å². The van der Waals surface area contributed by atoms with E-state index in [2.05, 4.69) is 45.4 Å². The summed E-state index contributed by atoms with van der Waals surface area (Å²) < 4.78 is 13.9. The molecule has 0 unspecified atom stereocenters. The van der Waals surface area contributed by atoms with Crippen LogP contribution in [0.5, 0.6) is 0 Å². The molecule has 0 spiro atoms. The van der Waals surface area contributed by atoms with Crippen molar-refractivity contribution in [2.45, 2.75) is 63.8 Å².